The molecule has 3 rings (SSSR count). The number of aromatic nitrogens is 1. The third-order valence-electron chi connectivity index (χ3n) is 4.30. The van der Waals surface area contributed by atoms with Gasteiger partial charge in [-0.05, 0) is 49.4 Å². The number of carbonyl (C=O) groups is 1. The zero-order chi connectivity index (χ0) is 20.5. The summed E-state index contributed by atoms with van der Waals surface area (Å²) in [5, 5.41) is 0. The molecule has 1 heterocycles. The van der Waals surface area contributed by atoms with Crippen LogP contribution in [0.15, 0.2) is 29.4 Å². The molecule has 0 bridgehead atoms. The molecule has 0 unspecified atom stereocenters. The number of benzene rings is 1. The molecule has 0 spiro atoms. The Kier molecular flexibility index (Phi) is 5.90. The van der Waals surface area contributed by atoms with Crippen LogP contribution in [0.25, 0.3) is 0 Å². The molecule has 10 heteroatoms. The molecule has 2 aromatic rings. The topological polar surface area (TPSA) is 42.4 Å². The number of nitrogens with zero attached hydrogens (tertiary/aromatic N) is 2. The van der Waals surface area contributed by atoms with E-state index in [-0.39, 0.29) is 13.2 Å². The first-order valence-corrected chi connectivity index (χ1v) is 9.12. The van der Waals surface area contributed by atoms with Crippen molar-refractivity contribution < 1.29 is 31.5 Å². The van der Waals surface area contributed by atoms with Crippen LogP contribution in [0.4, 0.5) is 22.0 Å². The van der Waals surface area contributed by atoms with Gasteiger partial charge in [-0.25, -0.2) is 26.3 Å². The molecule has 4 nitrogen and oxygen atoms in total. The molecular formula is C18H15F5N2O2S. The van der Waals surface area contributed by atoms with Gasteiger partial charge in [-0.1, -0.05) is 0 Å². The molecule has 150 valence electrons. The van der Waals surface area contributed by atoms with E-state index in [9.17, 15) is 26.7 Å². The van der Waals surface area contributed by atoms with E-state index in [2.05, 4.69) is 4.98 Å². The van der Waals surface area contributed by atoms with Gasteiger partial charge in [0, 0.05) is 18.9 Å². The van der Waals surface area contributed by atoms with E-state index in [0.717, 1.165) is 0 Å². The van der Waals surface area contributed by atoms with E-state index >= 15 is 0 Å². The number of rotatable bonds is 7. The van der Waals surface area contributed by atoms with Gasteiger partial charge in [-0.2, -0.15) is 0 Å². The number of hydrogen-bond acceptors (Lipinski definition) is 5. The zero-order valence-corrected chi connectivity index (χ0v) is 15.5. The minimum absolute atomic E-state index is 0.00545. The maximum absolute atomic E-state index is 14.2. The Morgan fingerprint density at radius 1 is 1.07 bits per heavy atom. The van der Waals surface area contributed by atoms with Gasteiger partial charge in [0.05, 0.1) is 6.61 Å². The predicted molar refractivity (Wildman–Crippen MR) is 90.5 cm³/mol. The summed E-state index contributed by atoms with van der Waals surface area (Å²) in [6.07, 6.45) is 3.64. The second-order valence-corrected chi connectivity index (χ2v) is 7.17. The third-order valence-corrected chi connectivity index (χ3v) is 5.54. The first-order chi connectivity index (χ1) is 13.3. The maximum atomic E-state index is 14.2. The minimum atomic E-state index is -2.23. The molecule has 1 aromatic heterocycles. The van der Waals surface area contributed by atoms with Crippen LogP contribution >= 0.6 is 11.9 Å². The summed E-state index contributed by atoms with van der Waals surface area (Å²) in [5.41, 5.74) is -0.564. The van der Waals surface area contributed by atoms with Gasteiger partial charge in [-0.3, -0.25) is 9.78 Å². The number of ether oxygens (including phenoxy) is 1. The van der Waals surface area contributed by atoms with Gasteiger partial charge in [-0.15, -0.1) is 0 Å². The van der Waals surface area contributed by atoms with Crippen molar-refractivity contribution >= 4 is 17.9 Å². The highest BCUT2D eigenvalue weighted by molar-refractivity contribution is 7.97. The van der Waals surface area contributed by atoms with E-state index in [0.29, 0.717) is 30.4 Å². The van der Waals surface area contributed by atoms with Crippen molar-refractivity contribution in [2.45, 2.75) is 36.7 Å². The normalized spacial score (nSPS) is 15.0. The summed E-state index contributed by atoms with van der Waals surface area (Å²) in [6.45, 7) is 1.71. The van der Waals surface area contributed by atoms with E-state index in [1.165, 1.54) is 16.7 Å². The number of esters is 1. The van der Waals surface area contributed by atoms with E-state index in [1.807, 2.05) is 0 Å². The van der Waals surface area contributed by atoms with Crippen molar-refractivity contribution in [3.8, 4) is 0 Å². The van der Waals surface area contributed by atoms with Gasteiger partial charge in [0.2, 0.25) is 5.82 Å². The Bertz CT molecular complexity index is 864. The third kappa shape index (κ3) is 3.70. The quantitative estimate of drug-likeness (QED) is 0.220. The van der Waals surface area contributed by atoms with Gasteiger partial charge >= 0.3 is 5.97 Å². The van der Waals surface area contributed by atoms with Crippen LogP contribution in [0, 0.1) is 29.1 Å². The fourth-order valence-corrected chi connectivity index (χ4v) is 3.84. The van der Waals surface area contributed by atoms with Crippen LogP contribution in [-0.2, 0) is 16.1 Å². The van der Waals surface area contributed by atoms with Crippen LogP contribution in [0.1, 0.15) is 25.3 Å². The molecule has 1 saturated carbocycles. The van der Waals surface area contributed by atoms with Gasteiger partial charge in [0.1, 0.15) is 10.4 Å². The Hall–Kier alpha value is -2.20. The largest absolute Gasteiger partial charge is 0.465 e. The van der Waals surface area contributed by atoms with E-state index < -0.39 is 45.5 Å². The second kappa shape index (κ2) is 8.04. The van der Waals surface area contributed by atoms with Crippen molar-refractivity contribution in [2.75, 3.05) is 6.61 Å². The first kappa shape index (κ1) is 20.5. The van der Waals surface area contributed by atoms with Crippen molar-refractivity contribution in [1.82, 2.24) is 9.29 Å². The molecule has 0 N–H and O–H groups in total. The monoisotopic (exact) mass is 418 g/mol. The summed E-state index contributed by atoms with van der Waals surface area (Å²) in [4.78, 5) is 15.2. The highest BCUT2D eigenvalue weighted by Gasteiger charge is 2.57. The fraction of sp³-hybridized carbons (Fsp3) is 0.333. The van der Waals surface area contributed by atoms with Crippen molar-refractivity contribution in [3.63, 3.8) is 0 Å². The molecule has 28 heavy (non-hydrogen) atoms. The zero-order valence-electron chi connectivity index (χ0n) is 14.6. The van der Waals surface area contributed by atoms with E-state index in [4.69, 9.17) is 4.74 Å². The van der Waals surface area contributed by atoms with Crippen molar-refractivity contribution in [1.29, 1.82) is 0 Å². The highest BCUT2D eigenvalue weighted by atomic mass is 32.2. The average molecular weight is 418 g/mol. The summed E-state index contributed by atoms with van der Waals surface area (Å²) in [5.74, 6) is -10.8. The summed E-state index contributed by atoms with van der Waals surface area (Å²) >= 11 is 0.313. The van der Waals surface area contributed by atoms with Crippen LogP contribution in [0.2, 0.25) is 0 Å². The lowest BCUT2D eigenvalue weighted by Crippen LogP contribution is -2.40. The second-order valence-electron chi connectivity index (χ2n) is 6.13. The van der Waals surface area contributed by atoms with Gasteiger partial charge in [0.25, 0.3) is 0 Å². The van der Waals surface area contributed by atoms with Gasteiger partial charge in [0.15, 0.2) is 23.3 Å². The molecule has 0 aliphatic heterocycles. The molecule has 1 fully saturated rings. The SMILES string of the molecule is CCOC(=O)C1(N(Cc2ccncc2)Sc2c(F)c(F)c(F)c(F)c2F)CC1. The van der Waals surface area contributed by atoms with Crippen LogP contribution in [0.5, 0.6) is 0 Å². The molecule has 0 atom stereocenters. The Morgan fingerprint density at radius 2 is 1.61 bits per heavy atom. The maximum Gasteiger partial charge on any atom is 0.327 e. The predicted octanol–water partition coefficient (Wildman–Crippen LogP) is 4.38. The Labute approximate surface area is 161 Å². The lowest BCUT2D eigenvalue weighted by Gasteiger charge is -2.29. The standard InChI is InChI=1S/C18H15F5N2O2S/c1-2-27-17(26)18(5-6-18)25(9-10-3-7-24-8-4-10)28-16-14(22)12(20)11(19)13(21)15(16)23/h3-4,7-8H,2,5-6,9H2,1H3. The first-order valence-electron chi connectivity index (χ1n) is 8.35. The number of pyridine rings is 1. The molecular weight excluding hydrogens is 403 g/mol. The Balaban J connectivity index is 2.01. The average Bonchev–Trinajstić information content (AvgIpc) is 3.50. The van der Waals surface area contributed by atoms with Crippen molar-refractivity contribution in [2.24, 2.45) is 0 Å². The fourth-order valence-electron chi connectivity index (χ4n) is 2.64. The van der Waals surface area contributed by atoms with Gasteiger partial charge < -0.3 is 4.74 Å². The minimum Gasteiger partial charge on any atom is -0.465 e. The summed E-state index contributed by atoms with van der Waals surface area (Å²) < 4.78 is 75.2. The van der Waals surface area contributed by atoms with Crippen LogP contribution in [-0.4, -0.2) is 27.4 Å². The molecule has 0 amide bonds. The van der Waals surface area contributed by atoms with Crippen molar-refractivity contribution in [3.05, 3.63) is 59.2 Å². The summed E-state index contributed by atoms with van der Waals surface area (Å²) in [6, 6.07) is 3.24. The lowest BCUT2D eigenvalue weighted by molar-refractivity contribution is -0.149. The molecule has 0 saturated heterocycles. The molecule has 1 aliphatic rings. The molecule has 1 aromatic carbocycles. The highest BCUT2D eigenvalue weighted by Crippen LogP contribution is 2.49. The number of halogens is 5. The smallest absolute Gasteiger partial charge is 0.327 e. The van der Waals surface area contributed by atoms with E-state index in [1.54, 1.807) is 19.1 Å². The van der Waals surface area contributed by atoms with Crippen LogP contribution < -0.4 is 0 Å². The Morgan fingerprint density at radius 3 is 2.11 bits per heavy atom. The lowest BCUT2D eigenvalue weighted by atomic mass is 10.2. The molecule has 0 radical (unpaired) electrons. The summed E-state index contributed by atoms with van der Waals surface area (Å²) in [7, 11) is 0. The number of carbonyl (C=O) groups excluding carboxylic acids is 1. The van der Waals surface area contributed by atoms with Crippen LogP contribution in [0.3, 0.4) is 0 Å². The molecule has 1 aliphatic carbocycles. The number of hydrogen-bond donors (Lipinski definition) is 0.